The highest BCUT2D eigenvalue weighted by Crippen LogP contribution is 2.47. The molecule has 7 nitrogen and oxygen atoms in total. The lowest BCUT2D eigenvalue weighted by molar-refractivity contribution is -0.274. The van der Waals surface area contributed by atoms with E-state index in [1.54, 1.807) is 18.2 Å². The maximum absolute atomic E-state index is 13.3. The second kappa shape index (κ2) is 7.24. The van der Waals surface area contributed by atoms with Crippen LogP contribution < -0.4 is 19.7 Å². The smallest absolute Gasteiger partial charge is 0.482 e. The Morgan fingerprint density at radius 3 is 2.61 bits per heavy atom. The summed E-state index contributed by atoms with van der Waals surface area (Å²) in [5.41, 5.74) is -1.18. The van der Waals surface area contributed by atoms with Gasteiger partial charge < -0.3 is 19.9 Å². The van der Waals surface area contributed by atoms with Crippen molar-refractivity contribution >= 4 is 23.2 Å². The molecule has 2 aliphatic rings. The highest BCUT2D eigenvalue weighted by atomic mass is 19.4. The SMILES string of the molecule is O=C1COc2ccc(C3(O)c4ccccc4C(=O)N3c3cccc(OC(F)(F)F)c3)cc2N1. The van der Waals surface area contributed by atoms with Gasteiger partial charge >= 0.3 is 6.36 Å². The van der Waals surface area contributed by atoms with Crippen LogP contribution in [-0.4, -0.2) is 29.9 Å². The van der Waals surface area contributed by atoms with Crippen molar-refractivity contribution in [1.82, 2.24) is 0 Å². The fourth-order valence-electron chi connectivity index (χ4n) is 4.07. The number of carbonyl (C=O) groups is 2. The lowest BCUT2D eigenvalue weighted by Gasteiger charge is -2.35. The van der Waals surface area contributed by atoms with E-state index in [0.717, 1.165) is 17.0 Å². The quantitative estimate of drug-likeness (QED) is 0.627. The van der Waals surface area contributed by atoms with Gasteiger partial charge in [0.1, 0.15) is 11.5 Å². The number of carbonyl (C=O) groups excluding carboxylic acids is 2. The number of amides is 2. The zero-order chi connectivity index (χ0) is 23.4. The molecule has 0 saturated heterocycles. The van der Waals surface area contributed by atoms with Gasteiger partial charge in [0, 0.05) is 22.8 Å². The number of hydrogen-bond donors (Lipinski definition) is 2. The topological polar surface area (TPSA) is 88.1 Å². The van der Waals surface area contributed by atoms with Gasteiger partial charge in [0.25, 0.3) is 11.8 Å². The first-order chi connectivity index (χ1) is 15.7. The van der Waals surface area contributed by atoms with Crippen LogP contribution in [0.2, 0.25) is 0 Å². The molecule has 0 spiro atoms. The van der Waals surface area contributed by atoms with Gasteiger partial charge in [-0.25, -0.2) is 0 Å². The Bertz CT molecular complexity index is 1290. The molecule has 0 radical (unpaired) electrons. The molecule has 1 unspecified atom stereocenters. The molecule has 0 aliphatic carbocycles. The van der Waals surface area contributed by atoms with Crippen molar-refractivity contribution in [3.05, 3.63) is 83.4 Å². The molecule has 5 rings (SSSR count). The number of aliphatic hydroxyl groups is 1. The third kappa shape index (κ3) is 3.44. The molecule has 2 amide bonds. The van der Waals surface area contributed by atoms with Crippen LogP contribution in [0.25, 0.3) is 0 Å². The summed E-state index contributed by atoms with van der Waals surface area (Å²) in [6.45, 7) is -0.157. The van der Waals surface area contributed by atoms with Crippen molar-refractivity contribution in [2.24, 2.45) is 0 Å². The molecular formula is C23H15F3N2O5. The lowest BCUT2D eigenvalue weighted by atomic mass is 9.93. The summed E-state index contributed by atoms with van der Waals surface area (Å²) in [5, 5.41) is 14.6. The van der Waals surface area contributed by atoms with E-state index in [1.807, 2.05) is 0 Å². The molecular weight excluding hydrogens is 441 g/mol. The number of nitrogens with one attached hydrogen (secondary N) is 1. The van der Waals surface area contributed by atoms with Crippen molar-refractivity contribution < 1.29 is 37.3 Å². The molecule has 168 valence electrons. The average molecular weight is 456 g/mol. The van der Waals surface area contributed by atoms with Crippen molar-refractivity contribution in [1.29, 1.82) is 0 Å². The van der Waals surface area contributed by atoms with Gasteiger partial charge in [-0.05, 0) is 36.4 Å². The predicted octanol–water partition coefficient (Wildman–Crippen LogP) is 3.77. The standard InChI is InChI=1S/C23H15F3N2O5/c24-23(25,26)33-15-5-3-4-14(11-15)28-21(30)16-6-1-2-7-17(16)22(28,31)13-8-9-19-18(10-13)27-20(29)12-32-19/h1-11,31H,12H2,(H,27,29). The summed E-state index contributed by atoms with van der Waals surface area (Å²) in [6, 6.07) is 15.6. The molecule has 3 aromatic carbocycles. The zero-order valence-corrected chi connectivity index (χ0v) is 16.7. The molecule has 0 saturated carbocycles. The van der Waals surface area contributed by atoms with Crippen LogP contribution in [0.1, 0.15) is 21.5 Å². The second-order valence-electron chi connectivity index (χ2n) is 7.45. The summed E-state index contributed by atoms with van der Waals surface area (Å²) in [7, 11) is 0. The number of anilines is 2. The number of fused-ring (bicyclic) bond motifs is 2. The molecule has 2 N–H and O–H groups in total. The summed E-state index contributed by atoms with van der Waals surface area (Å²) in [5.74, 6) is -1.16. The summed E-state index contributed by atoms with van der Waals surface area (Å²) in [4.78, 5) is 26.1. The van der Waals surface area contributed by atoms with Crippen LogP contribution in [0.3, 0.4) is 0 Å². The van der Waals surface area contributed by atoms with Crippen molar-refractivity contribution in [2.45, 2.75) is 12.1 Å². The number of nitrogens with zero attached hydrogens (tertiary/aromatic N) is 1. The Balaban J connectivity index is 1.67. The number of benzene rings is 3. The second-order valence-corrected chi connectivity index (χ2v) is 7.45. The first-order valence-electron chi connectivity index (χ1n) is 9.76. The van der Waals surface area contributed by atoms with Crippen LogP contribution >= 0.6 is 0 Å². The molecule has 0 bridgehead atoms. The van der Waals surface area contributed by atoms with E-state index < -0.39 is 23.7 Å². The largest absolute Gasteiger partial charge is 0.573 e. The summed E-state index contributed by atoms with van der Waals surface area (Å²) >= 11 is 0. The molecule has 2 aliphatic heterocycles. The van der Waals surface area contributed by atoms with E-state index in [2.05, 4.69) is 10.1 Å². The van der Waals surface area contributed by atoms with Crippen LogP contribution in [-0.2, 0) is 10.5 Å². The number of hydrogen-bond acceptors (Lipinski definition) is 5. The number of halogens is 3. The lowest BCUT2D eigenvalue weighted by Crippen LogP contribution is -2.45. The maximum Gasteiger partial charge on any atom is 0.573 e. The zero-order valence-electron chi connectivity index (χ0n) is 16.7. The average Bonchev–Trinajstić information content (AvgIpc) is 3.00. The van der Waals surface area contributed by atoms with E-state index in [0.29, 0.717) is 11.4 Å². The minimum Gasteiger partial charge on any atom is -0.482 e. The number of ether oxygens (including phenoxy) is 2. The minimum atomic E-state index is -4.93. The number of rotatable bonds is 3. The van der Waals surface area contributed by atoms with Gasteiger partial charge in [-0.3, -0.25) is 14.5 Å². The fourth-order valence-corrected chi connectivity index (χ4v) is 4.07. The normalized spacial score (nSPS) is 19.5. The third-order valence-corrected chi connectivity index (χ3v) is 5.38. The Labute approximate surface area is 185 Å². The van der Waals surface area contributed by atoms with Gasteiger partial charge in [-0.1, -0.05) is 24.3 Å². The Hall–Kier alpha value is -4.05. The van der Waals surface area contributed by atoms with E-state index >= 15 is 0 Å². The van der Waals surface area contributed by atoms with E-state index in [4.69, 9.17) is 4.74 Å². The fraction of sp³-hybridized carbons (Fsp3) is 0.130. The highest BCUT2D eigenvalue weighted by Gasteiger charge is 2.51. The molecule has 1 atom stereocenters. The van der Waals surface area contributed by atoms with Crippen molar-refractivity contribution in [3.63, 3.8) is 0 Å². The predicted molar refractivity (Wildman–Crippen MR) is 110 cm³/mol. The van der Waals surface area contributed by atoms with Gasteiger partial charge in [0.15, 0.2) is 12.3 Å². The molecule has 33 heavy (non-hydrogen) atoms. The van der Waals surface area contributed by atoms with E-state index in [-0.39, 0.29) is 34.9 Å². The minimum absolute atomic E-state index is 0.0153. The van der Waals surface area contributed by atoms with Gasteiger partial charge in [-0.2, -0.15) is 0 Å². The van der Waals surface area contributed by atoms with Gasteiger partial charge in [0.05, 0.1) is 11.4 Å². The van der Waals surface area contributed by atoms with Gasteiger partial charge in [-0.15, -0.1) is 13.2 Å². The molecule has 10 heteroatoms. The molecule has 3 aromatic rings. The summed E-state index contributed by atoms with van der Waals surface area (Å²) in [6.07, 6.45) is -4.93. The van der Waals surface area contributed by atoms with Crippen LogP contribution in [0, 0.1) is 0 Å². The first-order valence-corrected chi connectivity index (χ1v) is 9.76. The number of alkyl halides is 3. The van der Waals surface area contributed by atoms with Gasteiger partial charge in [0.2, 0.25) is 0 Å². The maximum atomic E-state index is 13.3. The molecule has 0 fully saturated rings. The van der Waals surface area contributed by atoms with Crippen LogP contribution in [0.5, 0.6) is 11.5 Å². The van der Waals surface area contributed by atoms with Crippen LogP contribution in [0.15, 0.2) is 66.7 Å². The highest BCUT2D eigenvalue weighted by molar-refractivity contribution is 6.12. The summed E-state index contributed by atoms with van der Waals surface area (Å²) < 4.78 is 47.6. The van der Waals surface area contributed by atoms with Crippen LogP contribution in [0.4, 0.5) is 24.5 Å². The first kappa shape index (κ1) is 20.8. The monoisotopic (exact) mass is 456 g/mol. The van der Waals surface area contributed by atoms with E-state index in [9.17, 15) is 27.9 Å². The third-order valence-electron chi connectivity index (χ3n) is 5.38. The Morgan fingerprint density at radius 1 is 1.03 bits per heavy atom. The van der Waals surface area contributed by atoms with E-state index in [1.165, 1.54) is 36.4 Å². The Kier molecular flexibility index (Phi) is 4.57. The van der Waals surface area contributed by atoms with Crippen molar-refractivity contribution in [2.75, 3.05) is 16.8 Å². The Morgan fingerprint density at radius 2 is 1.82 bits per heavy atom. The van der Waals surface area contributed by atoms with Crippen molar-refractivity contribution in [3.8, 4) is 11.5 Å². The molecule has 2 heterocycles. The molecule has 0 aromatic heterocycles.